The van der Waals surface area contributed by atoms with Gasteiger partial charge in [-0.05, 0) is 35.1 Å². The van der Waals surface area contributed by atoms with Crippen LogP contribution in [0.3, 0.4) is 0 Å². The third-order valence-electron chi connectivity index (χ3n) is 4.45. The van der Waals surface area contributed by atoms with Crippen LogP contribution in [-0.2, 0) is 5.41 Å². The van der Waals surface area contributed by atoms with Crippen LogP contribution in [0.5, 0.6) is 0 Å². The Balaban J connectivity index is 2.25. The van der Waals surface area contributed by atoms with Gasteiger partial charge in [-0.1, -0.05) is 54.5 Å². The number of fused-ring (bicyclic) bond motifs is 3. The molecule has 106 valence electrons. The number of aliphatic hydroxyl groups excluding tert-OH is 2. The normalized spacial score (nSPS) is 15.9. The molecule has 2 heteroatoms. The number of hydrogen-bond donors (Lipinski definition) is 2. The van der Waals surface area contributed by atoms with Gasteiger partial charge in [-0.15, -0.1) is 6.42 Å². The zero-order chi connectivity index (χ0) is 14.9. The molecule has 0 aromatic heterocycles. The molecule has 2 nitrogen and oxygen atoms in total. The number of benzene rings is 2. The minimum Gasteiger partial charge on any atom is -0.396 e. The van der Waals surface area contributed by atoms with E-state index >= 15 is 0 Å². The molecule has 1 atom stereocenters. The van der Waals surface area contributed by atoms with Gasteiger partial charge in [0.1, 0.15) is 6.10 Å². The average molecular weight is 278 g/mol. The number of rotatable bonds is 4. The first-order chi connectivity index (χ1) is 10.2. The molecule has 21 heavy (non-hydrogen) atoms. The lowest BCUT2D eigenvalue weighted by molar-refractivity contribution is 0.173. The average Bonchev–Trinajstić information content (AvgIpc) is 2.79. The van der Waals surface area contributed by atoms with Crippen molar-refractivity contribution in [1.82, 2.24) is 0 Å². The van der Waals surface area contributed by atoms with Crippen LogP contribution in [0.2, 0.25) is 0 Å². The predicted octanol–water partition coefficient (Wildman–Crippen LogP) is 2.72. The largest absolute Gasteiger partial charge is 0.396 e. The van der Waals surface area contributed by atoms with Crippen molar-refractivity contribution in [3.63, 3.8) is 0 Å². The zero-order valence-electron chi connectivity index (χ0n) is 11.8. The van der Waals surface area contributed by atoms with Crippen LogP contribution in [0.1, 0.15) is 24.0 Å². The van der Waals surface area contributed by atoms with Gasteiger partial charge in [-0.25, -0.2) is 0 Å². The summed E-state index contributed by atoms with van der Waals surface area (Å²) in [4.78, 5) is 0. The molecule has 1 aliphatic carbocycles. The highest BCUT2D eigenvalue weighted by Crippen LogP contribution is 2.52. The second kappa shape index (κ2) is 5.37. The second-order valence-electron chi connectivity index (χ2n) is 5.53. The lowest BCUT2D eigenvalue weighted by Gasteiger charge is -2.32. The molecule has 2 N–H and O–H groups in total. The molecule has 1 unspecified atom stereocenters. The highest BCUT2D eigenvalue weighted by atomic mass is 16.3. The SMILES string of the molecule is C#CC(O)CC1(CCO)c2ccccc2-c2ccccc21. The van der Waals surface area contributed by atoms with E-state index in [1.165, 1.54) is 11.1 Å². The van der Waals surface area contributed by atoms with E-state index < -0.39 is 11.5 Å². The highest BCUT2D eigenvalue weighted by Gasteiger charge is 2.43. The molecule has 2 aromatic carbocycles. The maximum absolute atomic E-state index is 10.0. The molecule has 0 bridgehead atoms. The van der Waals surface area contributed by atoms with Crippen LogP contribution in [0.15, 0.2) is 48.5 Å². The summed E-state index contributed by atoms with van der Waals surface area (Å²) in [6.07, 6.45) is 5.54. The standard InChI is InChI=1S/C19H18O2/c1-2-14(21)13-19(11-12-20)17-9-5-3-7-15(17)16-8-4-6-10-18(16)19/h1,3-10,14,20-21H,11-13H2. The summed E-state index contributed by atoms with van der Waals surface area (Å²) in [5.74, 6) is 2.41. The van der Waals surface area contributed by atoms with Crippen molar-refractivity contribution in [3.8, 4) is 23.5 Å². The van der Waals surface area contributed by atoms with Crippen molar-refractivity contribution in [2.24, 2.45) is 0 Å². The molecular formula is C19H18O2. The number of aliphatic hydroxyl groups is 2. The van der Waals surface area contributed by atoms with Crippen molar-refractivity contribution in [2.75, 3.05) is 6.61 Å². The monoisotopic (exact) mass is 278 g/mol. The Kier molecular flexibility index (Phi) is 3.55. The minimum absolute atomic E-state index is 0.0555. The van der Waals surface area contributed by atoms with Crippen molar-refractivity contribution in [3.05, 3.63) is 59.7 Å². The maximum Gasteiger partial charge on any atom is 0.115 e. The predicted molar refractivity (Wildman–Crippen MR) is 83.8 cm³/mol. The van der Waals surface area contributed by atoms with Gasteiger partial charge in [0.2, 0.25) is 0 Å². The summed E-state index contributed by atoms with van der Waals surface area (Å²) in [7, 11) is 0. The van der Waals surface area contributed by atoms with Crippen molar-refractivity contribution in [1.29, 1.82) is 0 Å². The van der Waals surface area contributed by atoms with Crippen molar-refractivity contribution < 1.29 is 10.2 Å². The van der Waals surface area contributed by atoms with Gasteiger partial charge in [0.15, 0.2) is 0 Å². The van der Waals surface area contributed by atoms with Crippen LogP contribution < -0.4 is 0 Å². The number of hydrogen-bond acceptors (Lipinski definition) is 2. The third-order valence-corrected chi connectivity index (χ3v) is 4.45. The van der Waals surface area contributed by atoms with E-state index in [0.29, 0.717) is 12.8 Å². The topological polar surface area (TPSA) is 40.5 Å². The van der Waals surface area contributed by atoms with Crippen LogP contribution in [0.25, 0.3) is 11.1 Å². The van der Waals surface area contributed by atoms with E-state index in [2.05, 4.69) is 30.2 Å². The van der Waals surface area contributed by atoms with Gasteiger partial charge in [0.05, 0.1) is 0 Å². The van der Waals surface area contributed by atoms with Gasteiger partial charge in [-0.2, -0.15) is 0 Å². The quantitative estimate of drug-likeness (QED) is 0.844. The Morgan fingerprint density at radius 1 is 1.00 bits per heavy atom. The fourth-order valence-electron chi connectivity index (χ4n) is 3.59. The molecule has 0 saturated heterocycles. The Morgan fingerprint density at radius 2 is 1.52 bits per heavy atom. The molecule has 0 saturated carbocycles. The van der Waals surface area contributed by atoms with E-state index in [1.807, 2.05) is 24.3 Å². The fraction of sp³-hybridized carbons (Fsp3) is 0.263. The zero-order valence-corrected chi connectivity index (χ0v) is 11.8. The molecule has 0 aliphatic heterocycles. The third kappa shape index (κ3) is 2.06. The Morgan fingerprint density at radius 3 is 2.00 bits per heavy atom. The summed E-state index contributed by atoms with van der Waals surface area (Å²) in [5, 5.41) is 19.6. The first-order valence-electron chi connectivity index (χ1n) is 7.17. The van der Waals surface area contributed by atoms with Crippen molar-refractivity contribution >= 4 is 0 Å². The van der Waals surface area contributed by atoms with Gasteiger partial charge in [0.25, 0.3) is 0 Å². The van der Waals surface area contributed by atoms with E-state index in [4.69, 9.17) is 6.42 Å². The smallest absolute Gasteiger partial charge is 0.115 e. The molecule has 0 fully saturated rings. The van der Waals surface area contributed by atoms with Crippen LogP contribution >= 0.6 is 0 Å². The van der Waals surface area contributed by atoms with Gasteiger partial charge >= 0.3 is 0 Å². The molecule has 0 amide bonds. The minimum atomic E-state index is -0.823. The molecule has 0 spiro atoms. The summed E-state index contributed by atoms with van der Waals surface area (Å²) >= 11 is 0. The fourth-order valence-corrected chi connectivity index (χ4v) is 3.59. The lowest BCUT2D eigenvalue weighted by Crippen LogP contribution is -2.31. The Bertz CT molecular complexity index is 651. The summed E-state index contributed by atoms with van der Waals surface area (Å²) in [5.41, 5.74) is 4.23. The Labute approximate surface area is 125 Å². The van der Waals surface area contributed by atoms with E-state index in [9.17, 15) is 10.2 Å². The highest BCUT2D eigenvalue weighted by molar-refractivity contribution is 5.81. The van der Waals surface area contributed by atoms with E-state index in [1.54, 1.807) is 0 Å². The van der Waals surface area contributed by atoms with Gasteiger partial charge in [-0.3, -0.25) is 0 Å². The van der Waals surface area contributed by atoms with Crippen LogP contribution in [0, 0.1) is 12.3 Å². The summed E-state index contributed by atoms with van der Waals surface area (Å²) < 4.78 is 0. The molecule has 2 aromatic rings. The van der Waals surface area contributed by atoms with Crippen LogP contribution in [-0.4, -0.2) is 22.9 Å². The summed E-state index contributed by atoms with van der Waals surface area (Å²) in [6, 6.07) is 16.4. The first-order valence-corrected chi connectivity index (χ1v) is 7.17. The first kappa shape index (κ1) is 13.9. The molecule has 3 rings (SSSR count). The van der Waals surface area contributed by atoms with E-state index in [0.717, 1.165) is 11.1 Å². The van der Waals surface area contributed by atoms with Gasteiger partial charge in [0, 0.05) is 12.0 Å². The lowest BCUT2D eigenvalue weighted by atomic mass is 9.71. The molecule has 1 aliphatic rings. The van der Waals surface area contributed by atoms with E-state index in [-0.39, 0.29) is 6.61 Å². The van der Waals surface area contributed by atoms with Gasteiger partial charge < -0.3 is 10.2 Å². The van der Waals surface area contributed by atoms with Crippen molar-refractivity contribution in [2.45, 2.75) is 24.4 Å². The number of terminal acetylenes is 1. The molecule has 0 heterocycles. The Hall–Kier alpha value is -2.08. The second-order valence-corrected chi connectivity index (χ2v) is 5.53. The maximum atomic E-state index is 10.0. The molecular weight excluding hydrogens is 260 g/mol. The molecule has 0 radical (unpaired) electrons. The van der Waals surface area contributed by atoms with Crippen LogP contribution in [0.4, 0.5) is 0 Å². The summed E-state index contributed by atoms with van der Waals surface area (Å²) in [6.45, 7) is 0.0555.